The maximum Gasteiger partial charge on any atom is 0.0736 e. The molecule has 0 radical (unpaired) electrons. The fourth-order valence-electron chi connectivity index (χ4n) is 1.39. The van der Waals surface area contributed by atoms with Gasteiger partial charge >= 0.3 is 0 Å². The summed E-state index contributed by atoms with van der Waals surface area (Å²) in [6, 6.07) is 5.81. The zero-order valence-corrected chi connectivity index (χ0v) is 12.2. The van der Waals surface area contributed by atoms with Crippen LogP contribution in [-0.2, 0) is 20.8 Å². The first-order valence-corrected chi connectivity index (χ1v) is 6.71. The van der Waals surface area contributed by atoms with Crippen LogP contribution in [0.3, 0.4) is 0 Å². The van der Waals surface area contributed by atoms with Crippen molar-refractivity contribution in [2.45, 2.75) is 13.0 Å². The third-order valence-electron chi connectivity index (χ3n) is 2.37. The second kappa shape index (κ2) is 9.33. The van der Waals surface area contributed by atoms with E-state index in [9.17, 15) is 0 Å². The van der Waals surface area contributed by atoms with Gasteiger partial charge in [0.1, 0.15) is 0 Å². The lowest BCUT2D eigenvalue weighted by Gasteiger charge is -2.08. The topological polar surface area (TPSA) is 53.7 Å². The molecule has 4 nitrogen and oxygen atoms in total. The quantitative estimate of drug-likeness (QED) is 0.562. The van der Waals surface area contributed by atoms with E-state index in [1.165, 1.54) is 0 Å². The van der Waals surface area contributed by atoms with Crippen LogP contribution in [0.15, 0.2) is 22.7 Å². The summed E-state index contributed by atoms with van der Waals surface area (Å²) in [7, 11) is 1.66. The Kier molecular flexibility index (Phi) is 8.00. The summed E-state index contributed by atoms with van der Waals surface area (Å²) in [6.07, 6.45) is 0.875. The number of anilines is 1. The van der Waals surface area contributed by atoms with E-state index in [2.05, 4.69) is 15.9 Å². The predicted octanol–water partition coefficient (Wildman–Crippen LogP) is 2.60. The van der Waals surface area contributed by atoms with Gasteiger partial charge in [-0.25, -0.2) is 0 Å². The van der Waals surface area contributed by atoms with Crippen molar-refractivity contribution in [3.8, 4) is 0 Å². The van der Waals surface area contributed by atoms with Gasteiger partial charge in [0.05, 0.1) is 19.8 Å². The Morgan fingerprint density at radius 3 is 2.61 bits per heavy atom. The highest BCUT2D eigenvalue weighted by molar-refractivity contribution is 9.10. The molecule has 0 atom stereocenters. The summed E-state index contributed by atoms with van der Waals surface area (Å²) >= 11 is 3.37. The van der Waals surface area contributed by atoms with Crippen LogP contribution in [0.2, 0.25) is 0 Å². The van der Waals surface area contributed by atoms with Crippen molar-refractivity contribution < 1.29 is 14.2 Å². The number of nitrogens with two attached hydrogens (primary N) is 1. The van der Waals surface area contributed by atoms with Crippen molar-refractivity contribution in [3.05, 3.63) is 28.2 Å². The number of benzene rings is 1. The fraction of sp³-hybridized carbons (Fsp3) is 0.538. The molecule has 1 aromatic carbocycles. The number of ether oxygens (including phenoxy) is 3. The van der Waals surface area contributed by atoms with Crippen molar-refractivity contribution in [1.82, 2.24) is 0 Å². The number of hydrogen-bond acceptors (Lipinski definition) is 4. The molecule has 0 amide bonds. The lowest BCUT2D eigenvalue weighted by Crippen LogP contribution is -2.06. The summed E-state index contributed by atoms with van der Waals surface area (Å²) in [5.74, 6) is 0. The maximum atomic E-state index is 5.87. The Bertz CT molecular complexity index is 347. The molecule has 0 heterocycles. The lowest BCUT2D eigenvalue weighted by atomic mass is 10.2. The standard InChI is InChI=1S/C13H20BrNO3/c1-16-7-8-17-5-2-6-18-10-11-3-4-12(14)9-13(11)15/h3-4,9H,2,5-8,10,15H2,1H3. The van der Waals surface area contributed by atoms with Gasteiger partial charge in [0.2, 0.25) is 0 Å². The SMILES string of the molecule is COCCOCCCOCc1ccc(Br)cc1N. The highest BCUT2D eigenvalue weighted by Gasteiger charge is 2.00. The van der Waals surface area contributed by atoms with E-state index in [4.69, 9.17) is 19.9 Å². The molecule has 2 N–H and O–H groups in total. The zero-order chi connectivity index (χ0) is 13.2. The van der Waals surface area contributed by atoms with Crippen LogP contribution in [0.25, 0.3) is 0 Å². The molecule has 1 rings (SSSR count). The van der Waals surface area contributed by atoms with E-state index < -0.39 is 0 Å². The first-order chi connectivity index (χ1) is 8.74. The van der Waals surface area contributed by atoms with E-state index in [1.54, 1.807) is 7.11 Å². The third-order valence-corrected chi connectivity index (χ3v) is 2.87. The average Bonchev–Trinajstić information content (AvgIpc) is 2.35. The summed E-state index contributed by atoms with van der Waals surface area (Å²) in [4.78, 5) is 0. The molecule has 0 aromatic heterocycles. The number of halogens is 1. The molecule has 0 aliphatic heterocycles. The Morgan fingerprint density at radius 1 is 1.11 bits per heavy atom. The van der Waals surface area contributed by atoms with E-state index >= 15 is 0 Å². The van der Waals surface area contributed by atoms with Gasteiger partial charge < -0.3 is 19.9 Å². The van der Waals surface area contributed by atoms with Gasteiger partial charge in [0, 0.05) is 36.0 Å². The van der Waals surface area contributed by atoms with Crippen LogP contribution < -0.4 is 5.73 Å². The van der Waals surface area contributed by atoms with E-state index in [0.717, 1.165) is 22.1 Å². The molecule has 1 aromatic rings. The number of rotatable bonds is 9. The lowest BCUT2D eigenvalue weighted by molar-refractivity contribution is 0.0484. The van der Waals surface area contributed by atoms with Crippen molar-refractivity contribution in [2.24, 2.45) is 0 Å². The second-order valence-electron chi connectivity index (χ2n) is 3.85. The first kappa shape index (κ1) is 15.4. The monoisotopic (exact) mass is 317 g/mol. The van der Waals surface area contributed by atoms with Crippen molar-refractivity contribution in [3.63, 3.8) is 0 Å². The molecular formula is C13H20BrNO3. The molecule has 0 unspecified atom stereocenters. The molecule has 0 aliphatic carbocycles. The molecule has 0 saturated carbocycles. The van der Waals surface area contributed by atoms with E-state index in [0.29, 0.717) is 33.0 Å². The first-order valence-electron chi connectivity index (χ1n) is 5.92. The Morgan fingerprint density at radius 2 is 1.89 bits per heavy atom. The number of methoxy groups -OCH3 is 1. The molecule has 0 bridgehead atoms. The maximum absolute atomic E-state index is 5.87. The molecular weight excluding hydrogens is 298 g/mol. The van der Waals surface area contributed by atoms with Crippen LogP contribution in [-0.4, -0.2) is 33.5 Å². The van der Waals surface area contributed by atoms with E-state index in [-0.39, 0.29) is 0 Å². The smallest absolute Gasteiger partial charge is 0.0736 e. The minimum atomic E-state index is 0.539. The summed E-state index contributed by atoms with van der Waals surface area (Å²) in [5, 5.41) is 0. The summed E-state index contributed by atoms with van der Waals surface area (Å²) in [6.45, 7) is 3.17. The molecule has 0 spiro atoms. The van der Waals surface area contributed by atoms with Gasteiger partial charge in [0.25, 0.3) is 0 Å². The van der Waals surface area contributed by atoms with Crippen LogP contribution >= 0.6 is 15.9 Å². The zero-order valence-electron chi connectivity index (χ0n) is 10.7. The normalized spacial score (nSPS) is 10.8. The molecule has 0 fully saturated rings. The van der Waals surface area contributed by atoms with E-state index in [1.807, 2.05) is 18.2 Å². The minimum absolute atomic E-state index is 0.539. The highest BCUT2D eigenvalue weighted by atomic mass is 79.9. The Balaban J connectivity index is 2.07. The Hall–Kier alpha value is -0.620. The predicted molar refractivity (Wildman–Crippen MR) is 75.5 cm³/mol. The summed E-state index contributed by atoms with van der Waals surface area (Å²) < 4.78 is 16.7. The molecule has 18 heavy (non-hydrogen) atoms. The Labute approximate surface area is 117 Å². The van der Waals surface area contributed by atoms with Gasteiger partial charge in [-0.05, 0) is 18.6 Å². The molecule has 102 valence electrons. The van der Waals surface area contributed by atoms with Gasteiger partial charge in [-0.15, -0.1) is 0 Å². The van der Waals surface area contributed by atoms with Gasteiger partial charge in [-0.2, -0.15) is 0 Å². The van der Waals surface area contributed by atoms with Crippen molar-refractivity contribution >= 4 is 21.6 Å². The average molecular weight is 318 g/mol. The third kappa shape index (κ3) is 6.35. The van der Waals surface area contributed by atoms with Gasteiger partial charge in [-0.3, -0.25) is 0 Å². The van der Waals surface area contributed by atoms with Crippen molar-refractivity contribution in [2.75, 3.05) is 39.3 Å². The van der Waals surface area contributed by atoms with Gasteiger partial charge in [0.15, 0.2) is 0 Å². The second-order valence-corrected chi connectivity index (χ2v) is 4.77. The van der Waals surface area contributed by atoms with Crippen LogP contribution in [0.1, 0.15) is 12.0 Å². The van der Waals surface area contributed by atoms with Gasteiger partial charge in [-0.1, -0.05) is 22.0 Å². The van der Waals surface area contributed by atoms with Crippen LogP contribution in [0.5, 0.6) is 0 Å². The molecule has 5 heteroatoms. The molecule has 0 saturated heterocycles. The van der Waals surface area contributed by atoms with Crippen LogP contribution in [0.4, 0.5) is 5.69 Å². The van der Waals surface area contributed by atoms with Crippen LogP contribution in [0, 0.1) is 0 Å². The summed E-state index contributed by atoms with van der Waals surface area (Å²) in [5.41, 5.74) is 7.63. The number of nitrogen functional groups attached to an aromatic ring is 1. The minimum Gasteiger partial charge on any atom is -0.398 e. The highest BCUT2D eigenvalue weighted by Crippen LogP contribution is 2.19. The number of hydrogen-bond donors (Lipinski definition) is 1. The molecule has 0 aliphatic rings. The van der Waals surface area contributed by atoms with Crippen molar-refractivity contribution in [1.29, 1.82) is 0 Å². The largest absolute Gasteiger partial charge is 0.398 e. The fourth-order valence-corrected chi connectivity index (χ4v) is 1.77.